The number of halogens is 1. The summed E-state index contributed by atoms with van der Waals surface area (Å²) in [5, 5.41) is 10.3. The van der Waals surface area contributed by atoms with E-state index in [1.165, 1.54) is 4.88 Å². The molecule has 0 fully saturated rings. The van der Waals surface area contributed by atoms with Crippen molar-refractivity contribution in [1.29, 1.82) is 0 Å². The molecule has 0 unspecified atom stereocenters. The molecule has 0 aliphatic rings. The number of rotatable bonds is 6. The minimum atomic E-state index is -0.497. The number of nitrogens with one attached hydrogen (secondary N) is 3. The van der Waals surface area contributed by atoms with Crippen LogP contribution < -0.4 is 16.0 Å². The molecule has 1 aromatic heterocycles. The fraction of sp³-hybridized carbons (Fsp3) is 0.250. The average molecular weight is 352 g/mol. The van der Waals surface area contributed by atoms with Gasteiger partial charge in [-0.1, -0.05) is 23.7 Å². The molecule has 0 saturated carbocycles. The maximum atomic E-state index is 11.7. The Morgan fingerprint density at radius 1 is 1.26 bits per heavy atom. The van der Waals surface area contributed by atoms with Gasteiger partial charge < -0.3 is 10.6 Å². The van der Waals surface area contributed by atoms with Gasteiger partial charge in [0, 0.05) is 11.4 Å². The number of aryl methyl sites for hydroxylation is 1. The van der Waals surface area contributed by atoms with E-state index in [1.54, 1.807) is 23.5 Å². The fourth-order valence-corrected chi connectivity index (χ4v) is 2.92. The lowest BCUT2D eigenvalue weighted by molar-refractivity contribution is -0.118. The van der Waals surface area contributed by atoms with Gasteiger partial charge in [0.25, 0.3) is 0 Å². The molecule has 0 spiro atoms. The molecule has 23 heavy (non-hydrogen) atoms. The zero-order valence-electron chi connectivity index (χ0n) is 12.7. The minimum absolute atomic E-state index is 0.0267. The summed E-state index contributed by atoms with van der Waals surface area (Å²) in [4.78, 5) is 24.5. The third-order valence-electron chi connectivity index (χ3n) is 3.05. The third kappa shape index (κ3) is 5.92. The molecule has 1 aromatic carbocycles. The van der Waals surface area contributed by atoms with E-state index >= 15 is 0 Å². The first-order valence-corrected chi connectivity index (χ1v) is 8.40. The molecule has 1 heterocycles. The molecule has 7 heteroatoms. The first kappa shape index (κ1) is 17.3. The SMILES string of the molecule is Cc1ccc(NCC(=O)NC(=O)NCCc2cccs2)c(Cl)c1. The van der Waals surface area contributed by atoms with Gasteiger partial charge in [0.2, 0.25) is 5.91 Å². The molecule has 3 amide bonds. The van der Waals surface area contributed by atoms with Crippen molar-refractivity contribution in [1.82, 2.24) is 10.6 Å². The molecular formula is C16H18ClN3O2S. The van der Waals surface area contributed by atoms with Crippen LogP contribution in [0.5, 0.6) is 0 Å². The molecule has 3 N–H and O–H groups in total. The molecule has 2 rings (SSSR count). The van der Waals surface area contributed by atoms with Gasteiger partial charge in [0.15, 0.2) is 0 Å². The standard InChI is InChI=1S/C16H18ClN3O2S/c1-11-4-5-14(13(17)9-11)19-10-15(21)20-16(22)18-7-6-12-3-2-8-23-12/h2-5,8-9,19H,6-7,10H2,1H3,(H2,18,20,21,22). The molecule has 5 nitrogen and oxygen atoms in total. The highest BCUT2D eigenvalue weighted by atomic mass is 35.5. The van der Waals surface area contributed by atoms with Gasteiger partial charge in [-0.3, -0.25) is 10.1 Å². The zero-order chi connectivity index (χ0) is 16.7. The highest BCUT2D eigenvalue weighted by molar-refractivity contribution is 7.09. The van der Waals surface area contributed by atoms with Gasteiger partial charge in [-0.25, -0.2) is 4.79 Å². The van der Waals surface area contributed by atoms with Gasteiger partial charge in [-0.05, 0) is 42.5 Å². The van der Waals surface area contributed by atoms with Crippen LogP contribution in [0, 0.1) is 6.92 Å². The van der Waals surface area contributed by atoms with Crippen LogP contribution in [-0.2, 0) is 11.2 Å². The smallest absolute Gasteiger partial charge is 0.321 e. The van der Waals surface area contributed by atoms with Crippen LogP contribution in [0.25, 0.3) is 0 Å². The lowest BCUT2D eigenvalue weighted by Crippen LogP contribution is -2.42. The van der Waals surface area contributed by atoms with Gasteiger partial charge >= 0.3 is 6.03 Å². The molecule has 0 aliphatic heterocycles. The second-order valence-corrected chi connectivity index (χ2v) is 6.41. The Kier molecular flexibility index (Phi) is 6.43. The highest BCUT2D eigenvalue weighted by Crippen LogP contribution is 2.22. The predicted octanol–water partition coefficient (Wildman–Crippen LogP) is 3.19. The third-order valence-corrected chi connectivity index (χ3v) is 4.30. The monoisotopic (exact) mass is 351 g/mol. The van der Waals surface area contributed by atoms with E-state index < -0.39 is 11.9 Å². The van der Waals surface area contributed by atoms with Crippen LogP contribution in [0.15, 0.2) is 35.7 Å². The number of urea groups is 1. The molecular weight excluding hydrogens is 334 g/mol. The van der Waals surface area contributed by atoms with Crippen molar-refractivity contribution in [3.8, 4) is 0 Å². The van der Waals surface area contributed by atoms with Crippen molar-refractivity contribution in [2.75, 3.05) is 18.4 Å². The topological polar surface area (TPSA) is 70.2 Å². The van der Waals surface area contributed by atoms with E-state index in [2.05, 4.69) is 16.0 Å². The highest BCUT2D eigenvalue weighted by Gasteiger charge is 2.08. The molecule has 0 atom stereocenters. The van der Waals surface area contributed by atoms with Crippen molar-refractivity contribution < 1.29 is 9.59 Å². The largest absolute Gasteiger partial charge is 0.375 e. The number of carbonyl (C=O) groups excluding carboxylic acids is 2. The number of imide groups is 1. The number of hydrogen-bond acceptors (Lipinski definition) is 4. The van der Waals surface area contributed by atoms with Gasteiger partial charge in [0.1, 0.15) is 0 Å². The van der Waals surface area contributed by atoms with Gasteiger partial charge in [-0.15, -0.1) is 11.3 Å². The molecule has 0 bridgehead atoms. The maximum absolute atomic E-state index is 11.7. The van der Waals surface area contributed by atoms with Crippen molar-refractivity contribution in [3.63, 3.8) is 0 Å². The zero-order valence-corrected chi connectivity index (χ0v) is 14.3. The summed E-state index contributed by atoms with van der Waals surface area (Å²) in [6.45, 7) is 2.39. The average Bonchev–Trinajstić information content (AvgIpc) is 2.99. The van der Waals surface area contributed by atoms with Gasteiger partial charge in [-0.2, -0.15) is 0 Å². The first-order valence-electron chi connectivity index (χ1n) is 7.14. The van der Waals surface area contributed by atoms with E-state index in [0.29, 0.717) is 17.3 Å². The van der Waals surface area contributed by atoms with E-state index in [1.807, 2.05) is 30.5 Å². The number of benzene rings is 1. The molecule has 2 aromatic rings. The van der Waals surface area contributed by atoms with E-state index in [4.69, 9.17) is 11.6 Å². The van der Waals surface area contributed by atoms with Crippen molar-refractivity contribution in [2.45, 2.75) is 13.3 Å². The predicted molar refractivity (Wildman–Crippen MR) is 94.2 cm³/mol. The Hall–Kier alpha value is -2.05. The van der Waals surface area contributed by atoms with Crippen molar-refractivity contribution in [3.05, 3.63) is 51.2 Å². The van der Waals surface area contributed by atoms with Crippen LogP contribution in [0.1, 0.15) is 10.4 Å². The molecule has 0 aliphatic carbocycles. The maximum Gasteiger partial charge on any atom is 0.321 e. The summed E-state index contributed by atoms with van der Waals surface area (Å²) in [6, 6.07) is 8.97. The van der Waals surface area contributed by atoms with Crippen LogP contribution in [0.4, 0.5) is 10.5 Å². The molecule has 0 radical (unpaired) electrons. The summed E-state index contributed by atoms with van der Waals surface area (Å²) in [7, 11) is 0. The summed E-state index contributed by atoms with van der Waals surface area (Å²) in [6.07, 6.45) is 0.747. The van der Waals surface area contributed by atoms with E-state index in [9.17, 15) is 9.59 Å². The number of hydrogen-bond donors (Lipinski definition) is 3. The second kappa shape index (κ2) is 8.55. The lowest BCUT2D eigenvalue weighted by atomic mass is 10.2. The molecule has 0 saturated heterocycles. The van der Waals surface area contributed by atoms with Crippen LogP contribution in [-0.4, -0.2) is 25.0 Å². The Balaban J connectivity index is 1.68. The quantitative estimate of drug-likeness (QED) is 0.748. The number of amides is 3. The minimum Gasteiger partial charge on any atom is -0.375 e. The van der Waals surface area contributed by atoms with Crippen LogP contribution >= 0.6 is 22.9 Å². The summed E-state index contributed by atoms with van der Waals surface area (Å²) in [5.74, 6) is -0.421. The second-order valence-electron chi connectivity index (χ2n) is 4.97. The summed E-state index contributed by atoms with van der Waals surface area (Å²) >= 11 is 7.70. The Morgan fingerprint density at radius 2 is 2.09 bits per heavy atom. The summed E-state index contributed by atoms with van der Waals surface area (Å²) in [5.41, 5.74) is 1.70. The van der Waals surface area contributed by atoms with Crippen LogP contribution in [0.2, 0.25) is 5.02 Å². The Bertz CT molecular complexity index is 674. The summed E-state index contributed by atoms with van der Waals surface area (Å²) < 4.78 is 0. The normalized spacial score (nSPS) is 10.2. The lowest BCUT2D eigenvalue weighted by Gasteiger charge is -2.09. The number of thiophene rings is 1. The van der Waals surface area contributed by atoms with Crippen molar-refractivity contribution in [2.24, 2.45) is 0 Å². The van der Waals surface area contributed by atoms with Crippen LogP contribution in [0.3, 0.4) is 0 Å². The Morgan fingerprint density at radius 3 is 2.78 bits per heavy atom. The van der Waals surface area contributed by atoms with E-state index in [-0.39, 0.29) is 6.54 Å². The van der Waals surface area contributed by atoms with Crippen molar-refractivity contribution >= 4 is 40.6 Å². The molecule has 122 valence electrons. The van der Waals surface area contributed by atoms with E-state index in [0.717, 1.165) is 12.0 Å². The first-order chi connectivity index (χ1) is 11.0. The Labute approximate surface area is 144 Å². The van der Waals surface area contributed by atoms with Gasteiger partial charge in [0.05, 0.1) is 17.3 Å². The number of carbonyl (C=O) groups is 2. The number of anilines is 1. The fourth-order valence-electron chi connectivity index (χ4n) is 1.91.